The van der Waals surface area contributed by atoms with Gasteiger partial charge in [0.15, 0.2) is 6.10 Å². The van der Waals surface area contributed by atoms with Gasteiger partial charge in [-0.15, -0.1) is 0 Å². The molecule has 10 nitrogen and oxygen atoms in total. The van der Waals surface area contributed by atoms with Crippen molar-refractivity contribution in [3.63, 3.8) is 0 Å². The lowest BCUT2D eigenvalue weighted by molar-refractivity contribution is -0.132. The first kappa shape index (κ1) is 30.1. The van der Waals surface area contributed by atoms with Gasteiger partial charge in [0.05, 0.1) is 19.3 Å². The van der Waals surface area contributed by atoms with E-state index in [1.54, 1.807) is 17.0 Å². The molecule has 0 fully saturated rings. The number of aliphatic hydroxyl groups is 1. The first-order valence-electron chi connectivity index (χ1n) is 13.1. The van der Waals surface area contributed by atoms with Gasteiger partial charge < -0.3 is 35.8 Å². The summed E-state index contributed by atoms with van der Waals surface area (Å²) in [5.74, 6) is -0.479. The molecule has 3 rings (SSSR count). The maximum Gasteiger partial charge on any atom is 0.407 e. The lowest BCUT2D eigenvalue weighted by Gasteiger charge is -2.37. The van der Waals surface area contributed by atoms with Gasteiger partial charge in [0, 0.05) is 38.3 Å². The molecule has 0 aromatic heterocycles. The Balaban J connectivity index is 1.58. The zero-order valence-electron chi connectivity index (χ0n) is 23.1. The van der Waals surface area contributed by atoms with Crippen molar-refractivity contribution in [3.05, 3.63) is 65.7 Å². The fourth-order valence-corrected chi connectivity index (χ4v) is 4.98. The second-order valence-corrected chi connectivity index (χ2v) is 10.7. The summed E-state index contributed by atoms with van der Waals surface area (Å²) in [4.78, 5) is 39.6. The second kappa shape index (κ2) is 13.5. The molecule has 0 spiro atoms. The first-order valence-corrected chi connectivity index (χ1v) is 13.1. The molecule has 1 aliphatic rings. The number of alkyl carbamates (subject to hydrolysis) is 1. The van der Waals surface area contributed by atoms with Crippen molar-refractivity contribution in [2.24, 2.45) is 11.1 Å². The van der Waals surface area contributed by atoms with E-state index in [9.17, 15) is 19.5 Å². The second-order valence-electron chi connectivity index (χ2n) is 10.7. The quantitative estimate of drug-likeness (QED) is 0.342. The Hall–Kier alpha value is -3.47. The van der Waals surface area contributed by atoms with E-state index in [0.29, 0.717) is 24.9 Å². The number of methoxy groups -OCH3 is 2. The number of carbonyl (C=O) groups excluding carboxylic acids is 3. The van der Waals surface area contributed by atoms with Gasteiger partial charge in [0.2, 0.25) is 5.91 Å². The van der Waals surface area contributed by atoms with E-state index in [0.717, 1.165) is 11.3 Å². The van der Waals surface area contributed by atoms with Crippen LogP contribution in [0.2, 0.25) is 0 Å². The standard InChI is InChI=1S/C29H40N4O6/c1-29(2,15-22(30)24(34)17-31-27(36)26(38-3)19-10-6-5-7-11-19)16-25(35)33-18-21(32-28(37)39-4)14-20-12-8-9-13-23(20)33/h5-13,21-22,24,26,34H,14-18,30H2,1-4H3,(H,31,36)(H,32,37)/t21?,22-,24-,26+/m0/s1. The number of carbonyl (C=O) groups is 3. The monoisotopic (exact) mass is 540 g/mol. The molecular weight excluding hydrogens is 500 g/mol. The Kier molecular flexibility index (Phi) is 10.4. The van der Waals surface area contributed by atoms with Gasteiger partial charge in [-0.1, -0.05) is 62.4 Å². The molecular formula is C29H40N4O6. The molecule has 4 atom stereocenters. The number of anilines is 1. The van der Waals surface area contributed by atoms with E-state index in [1.807, 2.05) is 56.3 Å². The van der Waals surface area contributed by atoms with Crippen LogP contribution in [-0.2, 0) is 25.5 Å². The predicted molar refractivity (Wildman–Crippen MR) is 148 cm³/mol. The van der Waals surface area contributed by atoms with Gasteiger partial charge in [0.1, 0.15) is 0 Å². The fraction of sp³-hybridized carbons (Fsp3) is 0.483. The lowest BCUT2D eigenvalue weighted by atomic mass is 9.80. The summed E-state index contributed by atoms with van der Waals surface area (Å²) in [6.07, 6.45) is -1.23. The van der Waals surface area contributed by atoms with Crippen LogP contribution in [0.5, 0.6) is 0 Å². The fourth-order valence-electron chi connectivity index (χ4n) is 4.98. The molecule has 1 unspecified atom stereocenters. The highest BCUT2D eigenvalue weighted by Crippen LogP contribution is 2.32. The number of para-hydroxylation sites is 1. The van der Waals surface area contributed by atoms with Crippen LogP contribution in [0.15, 0.2) is 54.6 Å². The van der Waals surface area contributed by atoms with Gasteiger partial charge in [0.25, 0.3) is 5.91 Å². The molecule has 3 amide bonds. The zero-order valence-corrected chi connectivity index (χ0v) is 23.1. The average Bonchev–Trinajstić information content (AvgIpc) is 2.91. The van der Waals surface area contributed by atoms with Gasteiger partial charge in [-0.25, -0.2) is 4.79 Å². The normalized spacial score (nSPS) is 17.4. The molecule has 2 aromatic rings. The highest BCUT2D eigenvalue weighted by atomic mass is 16.5. The summed E-state index contributed by atoms with van der Waals surface area (Å²) in [7, 11) is 2.76. The molecule has 1 heterocycles. The Morgan fingerprint density at radius 2 is 1.77 bits per heavy atom. The van der Waals surface area contributed by atoms with Crippen molar-refractivity contribution in [3.8, 4) is 0 Å². The van der Waals surface area contributed by atoms with Crippen molar-refractivity contribution in [1.82, 2.24) is 10.6 Å². The molecule has 0 bridgehead atoms. The molecule has 0 radical (unpaired) electrons. The Bertz CT molecular complexity index is 1130. The third kappa shape index (κ3) is 8.26. The van der Waals surface area contributed by atoms with Crippen LogP contribution >= 0.6 is 0 Å². The summed E-state index contributed by atoms with van der Waals surface area (Å²) in [5, 5.41) is 16.2. The van der Waals surface area contributed by atoms with E-state index in [-0.39, 0.29) is 30.8 Å². The van der Waals surface area contributed by atoms with E-state index in [4.69, 9.17) is 15.2 Å². The highest BCUT2D eigenvalue weighted by Gasteiger charge is 2.34. The lowest BCUT2D eigenvalue weighted by Crippen LogP contribution is -2.51. The van der Waals surface area contributed by atoms with Gasteiger partial charge in [-0.2, -0.15) is 0 Å². The Labute approximate surface area is 229 Å². The summed E-state index contributed by atoms with van der Waals surface area (Å²) in [5.41, 5.74) is 8.26. The first-order chi connectivity index (χ1) is 18.5. The van der Waals surface area contributed by atoms with Gasteiger partial charge in [-0.05, 0) is 35.4 Å². The number of ether oxygens (including phenoxy) is 2. The van der Waals surface area contributed by atoms with Crippen LogP contribution in [0.1, 0.15) is 43.9 Å². The Morgan fingerprint density at radius 1 is 1.10 bits per heavy atom. The summed E-state index contributed by atoms with van der Waals surface area (Å²) in [6.45, 7) is 4.12. The zero-order chi connectivity index (χ0) is 28.6. The topological polar surface area (TPSA) is 143 Å². The minimum atomic E-state index is -1.01. The molecule has 2 aromatic carbocycles. The van der Waals surface area contributed by atoms with Gasteiger partial charge >= 0.3 is 6.09 Å². The molecule has 212 valence electrons. The van der Waals surface area contributed by atoms with Crippen molar-refractivity contribution in [1.29, 1.82) is 0 Å². The molecule has 0 saturated carbocycles. The number of hydrogen-bond donors (Lipinski definition) is 4. The molecule has 0 aliphatic carbocycles. The molecule has 5 N–H and O–H groups in total. The third-order valence-corrected chi connectivity index (χ3v) is 6.93. The van der Waals surface area contributed by atoms with Crippen molar-refractivity contribution in [2.75, 3.05) is 32.2 Å². The number of amides is 3. The predicted octanol–water partition coefficient (Wildman–Crippen LogP) is 2.30. The number of fused-ring (bicyclic) bond motifs is 1. The number of nitrogens with zero attached hydrogens (tertiary/aromatic N) is 1. The largest absolute Gasteiger partial charge is 0.453 e. The van der Waals surface area contributed by atoms with E-state index in [2.05, 4.69) is 10.6 Å². The van der Waals surface area contributed by atoms with Gasteiger partial charge in [-0.3, -0.25) is 9.59 Å². The van der Waals surface area contributed by atoms with E-state index in [1.165, 1.54) is 14.2 Å². The van der Waals surface area contributed by atoms with Crippen LogP contribution in [-0.4, -0.2) is 68.5 Å². The van der Waals surface area contributed by atoms with Crippen LogP contribution in [0.25, 0.3) is 0 Å². The third-order valence-electron chi connectivity index (χ3n) is 6.93. The Morgan fingerprint density at radius 3 is 2.44 bits per heavy atom. The molecule has 0 saturated heterocycles. The highest BCUT2D eigenvalue weighted by molar-refractivity contribution is 5.95. The van der Waals surface area contributed by atoms with Crippen LogP contribution in [0.3, 0.4) is 0 Å². The van der Waals surface area contributed by atoms with E-state index < -0.39 is 29.8 Å². The van der Waals surface area contributed by atoms with Crippen molar-refractivity contribution in [2.45, 2.75) is 57.4 Å². The summed E-state index contributed by atoms with van der Waals surface area (Å²) in [6, 6.07) is 15.8. The van der Waals surface area contributed by atoms with Crippen LogP contribution in [0, 0.1) is 5.41 Å². The van der Waals surface area contributed by atoms with Crippen molar-refractivity contribution < 1.29 is 29.0 Å². The summed E-state index contributed by atoms with van der Waals surface area (Å²) < 4.78 is 10.1. The number of benzene rings is 2. The number of hydrogen-bond acceptors (Lipinski definition) is 7. The number of aliphatic hydroxyl groups excluding tert-OH is 1. The molecule has 1 aliphatic heterocycles. The number of nitrogens with two attached hydrogens (primary N) is 1. The average molecular weight is 541 g/mol. The van der Waals surface area contributed by atoms with Crippen LogP contribution < -0.4 is 21.3 Å². The number of rotatable bonds is 11. The maximum atomic E-state index is 13.5. The van der Waals surface area contributed by atoms with Crippen LogP contribution in [0.4, 0.5) is 10.5 Å². The molecule has 10 heteroatoms. The van der Waals surface area contributed by atoms with Crippen molar-refractivity contribution >= 4 is 23.6 Å². The maximum absolute atomic E-state index is 13.5. The minimum absolute atomic E-state index is 0.0445. The minimum Gasteiger partial charge on any atom is -0.453 e. The molecule has 39 heavy (non-hydrogen) atoms. The van der Waals surface area contributed by atoms with E-state index >= 15 is 0 Å². The summed E-state index contributed by atoms with van der Waals surface area (Å²) >= 11 is 0. The SMILES string of the molecule is COC(=O)NC1Cc2ccccc2N(C(=O)CC(C)(C)C[C@H](N)[C@@H](O)CNC(=O)[C@H](OC)c2ccccc2)C1. The smallest absolute Gasteiger partial charge is 0.407 e. The number of nitrogens with one attached hydrogen (secondary N) is 2.